The van der Waals surface area contributed by atoms with Gasteiger partial charge in [-0.3, -0.25) is 0 Å². The number of rotatable bonds is 3. The maximum atomic E-state index is 13.5. The summed E-state index contributed by atoms with van der Waals surface area (Å²) in [6, 6.07) is 0.690. The number of phenolic OH excluding ortho intramolecular Hbond substituents is 1. The van der Waals surface area contributed by atoms with Crippen LogP contribution >= 0.6 is 0 Å². The van der Waals surface area contributed by atoms with Crippen molar-refractivity contribution in [1.29, 1.82) is 0 Å². The molecule has 5 heteroatoms. The van der Waals surface area contributed by atoms with Crippen LogP contribution in [0.4, 0.5) is 8.78 Å². The maximum absolute atomic E-state index is 13.5. The molecule has 0 saturated carbocycles. The van der Waals surface area contributed by atoms with E-state index < -0.39 is 17.4 Å². The third kappa shape index (κ3) is 2.10. The summed E-state index contributed by atoms with van der Waals surface area (Å²) < 4.78 is 26.7. The van der Waals surface area contributed by atoms with Crippen molar-refractivity contribution in [3.05, 3.63) is 29.5 Å². The number of H-pyrrole nitrogens is 1. The van der Waals surface area contributed by atoms with Crippen LogP contribution in [0.15, 0.2) is 12.3 Å². The molecule has 3 N–H and O–H groups in total. The van der Waals surface area contributed by atoms with E-state index in [0.717, 1.165) is 12.1 Å². The van der Waals surface area contributed by atoms with Gasteiger partial charge in [-0.15, -0.1) is 0 Å². The van der Waals surface area contributed by atoms with Gasteiger partial charge in [-0.2, -0.15) is 0 Å². The van der Waals surface area contributed by atoms with Crippen LogP contribution in [0.25, 0.3) is 10.9 Å². The minimum atomic E-state index is -0.923. The highest BCUT2D eigenvalue weighted by atomic mass is 19.1. The number of nitrogens with one attached hydrogen (secondary N) is 2. The molecule has 1 heterocycles. The Kier molecular flexibility index (Phi) is 3.02. The number of quaternary nitrogens is 1. The van der Waals surface area contributed by atoms with Crippen molar-refractivity contribution in [3.63, 3.8) is 0 Å². The summed E-state index contributed by atoms with van der Waals surface area (Å²) in [5.41, 5.74) is 0.893. The smallest absolute Gasteiger partial charge is 0.168 e. The van der Waals surface area contributed by atoms with Crippen molar-refractivity contribution in [2.45, 2.75) is 6.42 Å². The minimum Gasteiger partial charge on any atom is -0.504 e. The predicted octanol–water partition coefficient (Wildman–Crippen LogP) is 0.839. The Hall–Kier alpha value is -1.62. The summed E-state index contributed by atoms with van der Waals surface area (Å²) >= 11 is 0. The molecular formula is C12H15F2N2O+. The number of benzene rings is 1. The van der Waals surface area contributed by atoms with E-state index in [2.05, 4.69) is 4.98 Å². The van der Waals surface area contributed by atoms with Gasteiger partial charge in [0, 0.05) is 18.7 Å². The van der Waals surface area contributed by atoms with Crippen LogP contribution < -0.4 is 4.90 Å². The molecule has 1 aromatic carbocycles. The van der Waals surface area contributed by atoms with Gasteiger partial charge in [-0.25, -0.2) is 8.78 Å². The molecular weight excluding hydrogens is 226 g/mol. The van der Waals surface area contributed by atoms with Gasteiger partial charge < -0.3 is 15.0 Å². The SMILES string of the molecule is C[NH+](C)CCc1c[nH]c2c(F)cc(F)c(O)c12. The van der Waals surface area contributed by atoms with E-state index >= 15 is 0 Å². The van der Waals surface area contributed by atoms with Gasteiger partial charge in [0.05, 0.1) is 31.5 Å². The zero-order chi connectivity index (χ0) is 12.6. The highest BCUT2D eigenvalue weighted by molar-refractivity contribution is 5.89. The average molecular weight is 241 g/mol. The first kappa shape index (κ1) is 11.9. The largest absolute Gasteiger partial charge is 0.504 e. The molecule has 0 amide bonds. The Balaban J connectivity index is 2.51. The lowest BCUT2D eigenvalue weighted by atomic mass is 10.1. The summed E-state index contributed by atoms with van der Waals surface area (Å²) in [4.78, 5) is 3.97. The molecule has 1 aromatic heterocycles. The van der Waals surface area contributed by atoms with E-state index in [1.165, 1.54) is 4.90 Å². The molecule has 2 rings (SSSR count). The second kappa shape index (κ2) is 4.33. The van der Waals surface area contributed by atoms with E-state index in [4.69, 9.17) is 0 Å². The second-order valence-corrected chi connectivity index (χ2v) is 4.46. The van der Waals surface area contributed by atoms with Crippen LogP contribution in [0.3, 0.4) is 0 Å². The normalized spacial score (nSPS) is 11.6. The molecule has 2 aromatic rings. The number of aromatic amines is 1. The van der Waals surface area contributed by atoms with Crippen LogP contribution in [0.1, 0.15) is 5.56 Å². The lowest BCUT2D eigenvalue weighted by Gasteiger charge is -2.06. The summed E-state index contributed by atoms with van der Waals surface area (Å²) in [7, 11) is 3.99. The molecule has 0 spiro atoms. The Morgan fingerprint density at radius 1 is 1.29 bits per heavy atom. The van der Waals surface area contributed by atoms with Gasteiger partial charge in [0.1, 0.15) is 5.82 Å². The fourth-order valence-corrected chi connectivity index (χ4v) is 1.88. The fourth-order valence-electron chi connectivity index (χ4n) is 1.88. The van der Waals surface area contributed by atoms with Crippen LogP contribution in [-0.2, 0) is 6.42 Å². The molecule has 0 unspecified atom stereocenters. The van der Waals surface area contributed by atoms with Crippen LogP contribution in [-0.4, -0.2) is 30.7 Å². The molecule has 92 valence electrons. The Morgan fingerprint density at radius 3 is 2.65 bits per heavy atom. The molecule has 0 radical (unpaired) electrons. The van der Waals surface area contributed by atoms with E-state index in [-0.39, 0.29) is 10.9 Å². The molecule has 0 saturated heterocycles. The maximum Gasteiger partial charge on any atom is 0.168 e. The van der Waals surface area contributed by atoms with Gasteiger partial charge in [0.25, 0.3) is 0 Å². The summed E-state index contributed by atoms with van der Waals surface area (Å²) in [5, 5.41) is 9.90. The van der Waals surface area contributed by atoms with Crippen LogP contribution in [0.5, 0.6) is 5.75 Å². The number of halogens is 2. The number of hydrogen-bond acceptors (Lipinski definition) is 1. The fraction of sp³-hybridized carbons (Fsp3) is 0.333. The predicted molar refractivity (Wildman–Crippen MR) is 61.3 cm³/mol. The number of aromatic nitrogens is 1. The standard InChI is InChI=1S/C12H14F2N2O/c1-16(2)4-3-7-6-15-11-8(13)5-9(14)12(17)10(7)11/h5-6,15,17H,3-4H2,1-2H3/p+1. The first-order valence-electron chi connectivity index (χ1n) is 5.46. The zero-order valence-corrected chi connectivity index (χ0v) is 9.77. The van der Waals surface area contributed by atoms with Crippen molar-refractivity contribution in [1.82, 2.24) is 4.98 Å². The molecule has 0 fully saturated rings. The number of hydrogen-bond donors (Lipinski definition) is 3. The van der Waals surface area contributed by atoms with Crippen LogP contribution in [0.2, 0.25) is 0 Å². The molecule has 0 aliphatic carbocycles. The second-order valence-electron chi connectivity index (χ2n) is 4.46. The van der Waals surface area contributed by atoms with E-state index in [0.29, 0.717) is 12.5 Å². The lowest BCUT2D eigenvalue weighted by Crippen LogP contribution is -3.05. The molecule has 0 bridgehead atoms. The highest BCUT2D eigenvalue weighted by Gasteiger charge is 2.16. The summed E-state index contributed by atoms with van der Waals surface area (Å²) in [6.07, 6.45) is 2.27. The van der Waals surface area contributed by atoms with Gasteiger partial charge in [-0.05, 0) is 5.56 Å². The Labute approximate surface area is 97.7 Å². The Bertz CT molecular complexity index is 549. The minimum absolute atomic E-state index is 0.160. The monoisotopic (exact) mass is 241 g/mol. The van der Waals surface area contributed by atoms with E-state index in [1.807, 2.05) is 14.1 Å². The molecule has 0 aliphatic heterocycles. The number of aromatic hydroxyl groups is 1. The third-order valence-corrected chi connectivity index (χ3v) is 2.81. The van der Waals surface area contributed by atoms with Gasteiger partial charge in [0.2, 0.25) is 0 Å². The number of phenols is 1. The zero-order valence-electron chi connectivity index (χ0n) is 9.77. The van der Waals surface area contributed by atoms with E-state index in [9.17, 15) is 13.9 Å². The van der Waals surface area contributed by atoms with Gasteiger partial charge >= 0.3 is 0 Å². The topological polar surface area (TPSA) is 40.5 Å². The molecule has 3 nitrogen and oxygen atoms in total. The third-order valence-electron chi connectivity index (χ3n) is 2.81. The van der Waals surface area contributed by atoms with Gasteiger partial charge in [-0.1, -0.05) is 0 Å². The van der Waals surface area contributed by atoms with Crippen molar-refractivity contribution >= 4 is 10.9 Å². The number of fused-ring (bicyclic) bond motifs is 1. The first-order valence-corrected chi connectivity index (χ1v) is 5.46. The summed E-state index contributed by atoms with van der Waals surface area (Å²) in [6.45, 7) is 0.824. The molecule has 0 atom stereocenters. The van der Waals surface area contributed by atoms with Gasteiger partial charge in [0.15, 0.2) is 11.6 Å². The number of likely N-dealkylation sites (N-methyl/N-ethyl adjacent to an activating group) is 1. The lowest BCUT2D eigenvalue weighted by molar-refractivity contribution is -0.858. The van der Waals surface area contributed by atoms with Crippen molar-refractivity contribution in [2.75, 3.05) is 20.6 Å². The van der Waals surface area contributed by atoms with Crippen molar-refractivity contribution < 1.29 is 18.8 Å². The molecule has 0 aliphatic rings. The van der Waals surface area contributed by atoms with Crippen molar-refractivity contribution in [2.24, 2.45) is 0 Å². The Morgan fingerprint density at radius 2 is 2.00 bits per heavy atom. The summed E-state index contributed by atoms with van der Waals surface area (Å²) in [5.74, 6) is -2.08. The van der Waals surface area contributed by atoms with E-state index in [1.54, 1.807) is 6.20 Å². The molecule has 17 heavy (non-hydrogen) atoms. The van der Waals surface area contributed by atoms with Crippen LogP contribution in [0, 0.1) is 11.6 Å². The average Bonchev–Trinajstić information content (AvgIpc) is 2.67. The van der Waals surface area contributed by atoms with Crippen molar-refractivity contribution in [3.8, 4) is 5.75 Å². The highest BCUT2D eigenvalue weighted by Crippen LogP contribution is 2.32. The quantitative estimate of drug-likeness (QED) is 0.732. The first-order chi connectivity index (χ1) is 8.00.